The fourth-order valence-corrected chi connectivity index (χ4v) is 1.14. The van der Waals surface area contributed by atoms with E-state index in [1.54, 1.807) is 20.8 Å². The van der Waals surface area contributed by atoms with Gasteiger partial charge in [0, 0.05) is 0 Å². The fraction of sp³-hybridized carbons (Fsp3) is 0.417. The molecule has 0 N–H and O–H groups in total. The van der Waals surface area contributed by atoms with Crippen molar-refractivity contribution in [3.63, 3.8) is 0 Å². The largest absolute Gasteiger partial charge is 0.456 e. The van der Waals surface area contributed by atoms with Crippen molar-refractivity contribution in [2.45, 2.75) is 33.3 Å². The van der Waals surface area contributed by atoms with E-state index in [4.69, 9.17) is 4.74 Å². The van der Waals surface area contributed by atoms with Crippen LogP contribution >= 0.6 is 0 Å². The average molecular weight is 228 g/mol. The molecule has 0 heterocycles. The monoisotopic (exact) mass is 228 g/mol. The van der Waals surface area contributed by atoms with Crippen LogP contribution in [0.5, 0.6) is 0 Å². The summed E-state index contributed by atoms with van der Waals surface area (Å²) in [5.41, 5.74) is -0.951. The van der Waals surface area contributed by atoms with Crippen LogP contribution in [0, 0.1) is 18.6 Å². The molecule has 0 fully saturated rings. The van der Waals surface area contributed by atoms with Crippen LogP contribution in [0.1, 0.15) is 36.7 Å². The average Bonchev–Trinajstić information content (AvgIpc) is 2.11. The van der Waals surface area contributed by atoms with Crippen LogP contribution in [0.3, 0.4) is 0 Å². The summed E-state index contributed by atoms with van der Waals surface area (Å²) in [6.45, 7) is 6.41. The number of ether oxygens (including phenoxy) is 1. The third-order valence-corrected chi connectivity index (χ3v) is 1.89. The lowest BCUT2D eigenvalue weighted by Gasteiger charge is -2.19. The molecule has 0 bridgehead atoms. The van der Waals surface area contributed by atoms with Gasteiger partial charge in [0.1, 0.15) is 5.60 Å². The van der Waals surface area contributed by atoms with Crippen LogP contribution in [0.2, 0.25) is 0 Å². The summed E-state index contributed by atoms with van der Waals surface area (Å²) in [7, 11) is 0. The minimum atomic E-state index is -1.16. The lowest BCUT2D eigenvalue weighted by atomic mass is 10.1. The number of benzene rings is 1. The lowest BCUT2D eigenvalue weighted by molar-refractivity contribution is 0.00636. The van der Waals surface area contributed by atoms with Crippen LogP contribution in [-0.4, -0.2) is 11.6 Å². The minimum absolute atomic E-state index is 0.157. The number of hydrogen-bond acceptors (Lipinski definition) is 2. The van der Waals surface area contributed by atoms with Crippen molar-refractivity contribution in [1.82, 2.24) is 0 Å². The van der Waals surface area contributed by atoms with Gasteiger partial charge in [-0.25, -0.2) is 13.6 Å². The molecule has 2 nitrogen and oxygen atoms in total. The summed E-state index contributed by atoms with van der Waals surface area (Å²) in [6.07, 6.45) is 0. The normalized spacial score (nSPS) is 11.4. The molecule has 0 unspecified atom stereocenters. The quantitative estimate of drug-likeness (QED) is 0.690. The van der Waals surface area contributed by atoms with E-state index < -0.39 is 23.2 Å². The van der Waals surface area contributed by atoms with E-state index in [1.165, 1.54) is 19.1 Å². The number of esters is 1. The number of halogens is 2. The molecule has 0 saturated heterocycles. The zero-order valence-electron chi connectivity index (χ0n) is 9.73. The van der Waals surface area contributed by atoms with Gasteiger partial charge in [0.25, 0.3) is 0 Å². The molecule has 4 heteroatoms. The standard InChI is InChI=1S/C12H14F2O2/c1-7-5-6-8(10(14)9(7)13)11(15)16-12(2,3)4/h5-6H,1-4H3. The molecule has 0 aliphatic heterocycles. The van der Waals surface area contributed by atoms with E-state index in [-0.39, 0.29) is 11.1 Å². The first-order chi connectivity index (χ1) is 7.22. The molecular weight excluding hydrogens is 214 g/mol. The predicted octanol–water partition coefficient (Wildman–Crippen LogP) is 3.23. The van der Waals surface area contributed by atoms with Crippen LogP contribution < -0.4 is 0 Å². The Kier molecular flexibility index (Phi) is 3.31. The maximum atomic E-state index is 13.4. The van der Waals surface area contributed by atoms with Crippen LogP contribution in [0.15, 0.2) is 12.1 Å². The van der Waals surface area contributed by atoms with Gasteiger partial charge < -0.3 is 4.74 Å². The highest BCUT2D eigenvalue weighted by molar-refractivity contribution is 5.90. The summed E-state index contributed by atoms with van der Waals surface area (Å²) >= 11 is 0. The summed E-state index contributed by atoms with van der Waals surface area (Å²) in [4.78, 5) is 11.5. The van der Waals surface area contributed by atoms with E-state index in [0.29, 0.717) is 0 Å². The third-order valence-electron chi connectivity index (χ3n) is 1.89. The molecule has 1 aromatic carbocycles. The molecule has 0 radical (unpaired) electrons. The maximum Gasteiger partial charge on any atom is 0.341 e. The third kappa shape index (κ3) is 2.78. The molecule has 0 spiro atoms. The molecule has 0 aliphatic rings. The molecular formula is C12H14F2O2. The Hall–Kier alpha value is -1.45. The number of hydrogen-bond donors (Lipinski definition) is 0. The Balaban J connectivity index is 3.06. The first-order valence-corrected chi connectivity index (χ1v) is 4.90. The lowest BCUT2D eigenvalue weighted by Crippen LogP contribution is -2.24. The van der Waals surface area contributed by atoms with Crippen molar-refractivity contribution in [1.29, 1.82) is 0 Å². The minimum Gasteiger partial charge on any atom is -0.456 e. The molecule has 0 saturated carbocycles. The molecule has 0 atom stereocenters. The van der Waals surface area contributed by atoms with Gasteiger partial charge in [-0.3, -0.25) is 0 Å². The number of carbonyl (C=O) groups excluding carboxylic acids is 1. The highest BCUT2D eigenvalue weighted by atomic mass is 19.2. The van der Waals surface area contributed by atoms with Gasteiger partial charge >= 0.3 is 5.97 Å². The van der Waals surface area contributed by atoms with Gasteiger partial charge in [-0.15, -0.1) is 0 Å². The van der Waals surface area contributed by atoms with Crippen molar-refractivity contribution < 1.29 is 18.3 Å². The van der Waals surface area contributed by atoms with E-state index in [1.807, 2.05) is 0 Å². The van der Waals surface area contributed by atoms with Crippen LogP contribution in [-0.2, 0) is 4.74 Å². The maximum absolute atomic E-state index is 13.4. The Morgan fingerprint density at radius 3 is 2.25 bits per heavy atom. The summed E-state index contributed by atoms with van der Waals surface area (Å²) in [6, 6.07) is 2.57. The zero-order valence-corrected chi connectivity index (χ0v) is 9.73. The van der Waals surface area contributed by atoms with E-state index >= 15 is 0 Å². The van der Waals surface area contributed by atoms with Gasteiger partial charge in [-0.1, -0.05) is 6.07 Å². The second kappa shape index (κ2) is 4.20. The molecule has 1 aromatic rings. The Morgan fingerprint density at radius 2 is 1.75 bits per heavy atom. The molecule has 88 valence electrons. The van der Waals surface area contributed by atoms with Gasteiger partial charge in [-0.2, -0.15) is 0 Å². The van der Waals surface area contributed by atoms with Crippen LogP contribution in [0.4, 0.5) is 8.78 Å². The SMILES string of the molecule is Cc1ccc(C(=O)OC(C)(C)C)c(F)c1F. The van der Waals surface area contributed by atoms with E-state index in [2.05, 4.69) is 0 Å². The molecule has 1 rings (SSSR count). The van der Waals surface area contributed by atoms with Crippen molar-refractivity contribution in [3.05, 3.63) is 34.9 Å². The summed E-state index contributed by atoms with van der Waals surface area (Å²) in [5, 5.41) is 0. The molecule has 0 aromatic heterocycles. The van der Waals surface area contributed by atoms with Crippen molar-refractivity contribution in [2.24, 2.45) is 0 Å². The van der Waals surface area contributed by atoms with Gasteiger partial charge in [-0.05, 0) is 39.3 Å². The van der Waals surface area contributed by atoms with Crippen molar-refractivity contribution >= 4 is 5.97 Å². The number of rotatable bonds is 1. The topological polar surface area (TPSA) is 26.3 Å². The highest BCUT2D eigenvalue weighted by Gasteiger charge is 2.22. The Labute approximate surface area is 93.2 Å². The summed E-state index contributed by atoms with van der Waals surface area (Å²) in [5.74, 6) is -3.03. The second-order valence-electron chi connectivity index (χ2n) is 4.56. The fourth-order valence-electron chi connectivity index (χ4n) is 1.14. The van der Waals surface area contributed by atoms with Gasteiger partial charge in [0.15, 0.2) is 11.6 Å². The van der Waals surface area contributed by atoms with Gasteiger partial charge in [0.2, 0.25) is 0 Å². The van der Waals surface area contributed by atoms with Crippen molar-refractivity contribution in [3.8, 4) is 0 Å². The number of aryl methyl sites for hydroxylation is 1. The first kappa shape index (κ1) is 12.6. The molecule has 0 aliphatic carbocycles. The smallest absolute Gasteiger partial charge is 0.341 e. The molecule has 16 heavy (non-hydrogen) atoms. The Morgan fingerprint density at radius 1 is 1.19 bits per heavy atom. The molecule has 0 amide bonds. The second-order valence-corrected chi connectivity index (χ2v) is 4.56. The first-order valence-electron chi connectivity index (χ1n) is 4.90. The summed E-state index contributed by atoms with van der Waals surface area (Å²) < 4.78 is 31.6. The van der Waals surface area contributed by atoms with E-state index in [9.17, 15) is 13.6 Å². The Bertz CT molecular complexity index is 420. The van der Waals surface area contributed by atoms with E-state index in [0.717, 1.165) is 0 Å². The number of carbonyl (C=O) groups is 1. The predicted molar refractivity (Wildman–Crippen MR) is 56.3 cm³/mol. The highest BCUT2D eigenvalue weighted by Crippen LogP contribution is 2.19. The van der Waals surface area contributed by atoms with Crippen LogP contribution in [0.25, 0.3) is 0 Å². The zero-order chi connectivity index (χ0) is 12.5. The van der Waals surface area contributed by atoms with Gasteiger partial charge in [0.05, 0.1) is 5.56 Å². The van der Waals surface area contributed by atoms with Crippen molar-refractivity contribution in [2.75, 3.05) is 0 Å².